The number of hydrogen-bond acceptors (Lipinski definition) is 2. The molecule has 2 unspecified atom stereocenters. The molecule has 19 heavy (non-hydrogen) atoms. The van der Waals surface area contributed by atoms with E-state index in [-0.39, 0.29) is 11.9 Å². The molecule has 4 heteroatoms. The number of hydrogen-bond donors (Lipinski definition) is 1. The van der Waals surface area contributed by atoms with Crippen molar-refractivity contribution in [1.82, 2.24) is 0 Å². The van der Waals surface area contributed by atoms with E-state index >= 15 is 0 Å². The summed E-state index contributed by atoms with van der Waals surface area (Å²) in [4.78, 5) is 0. The van der Waals surface area contributed by atoms with Crippen LogP contribution in [0, 0.1) is 9.39 Å². The van der Waals surface area contributed by atoms with E-state index in [1.807, 2.05) is 31.2 Å². The third-order valence-corrected chi connectivity index (χ3v) is 3.42. The molecule has 0 radical (unpaired) electrons. The van der Waals surface area contributed by atoms with Gasteiger partial charge in [-0.2, -0.15) is 0 Å². The summed E-state index contributed by atoms with van der Waals surface area (Å²) in [6, 6.07) is 13.9. The predicted molar refractivity (Wildman–Crippen MR) is 82.6 cm³/mol. The van der Waals surface area contributed by atoms with Gasteiger partial charge in [0, 0.05) is 15.2 Å². The molecule has 0 bridgehead atoms. The second-order valence-electron chi connectivity index (χ2n) is 4.38. The van der Waals surface area contributed by atoms with Gasteiger partial charge in [0.05, 0.1) is 0 Å². The molecule has 2 rings (SSSR count). The zero-order valence-corrected chi connectivity index (χ0v) is 12.7. The normalized spacial score (nSPS) is 13.9. The van der Waals surface area contributed by atoms with Crippen molar-refractivity contribution in [2.75, 3.05) is 0 Å². The predicted octanol–water partition coefficient (Wildman–Crippen LogP) is 3.90. The molecule has 0 aromatic heterocycles. The lowest BCUT2D eigenvalue weighted by Crippen LogP contribution is -2.29. The molecule has 0 amide bonds. The molecule has 0 heterocycles. The van der Waals surface area contributed by atoms with Crippen LogP contribution in [0.3, 0.4) is 0 Å². The highest BCUT2D eigenvalue weighted by molar-refractivity contribution is 14.1. The van der Waals surface area contributed by atoms with E-state index in [2.05, 4.69) is 22.6 Å². The minimum Gasteiger partial charge on any atom is -0.484 e. The maximum atomic E-state index is 13.8. The van der Waals surface area contributed by atoms with Crippen LogP contribution in [-0.2, 0) is 0 Å². The van der Waals surface area contributed by atoms with Gasteiger partial charge in [-0.3, -0.25) is 0 Å². The van der Waals surface area contributed by atoms with Crippen molar-refractivity contribution in [2.24, 2.45) is 5.73 Å². The molecular formula is C15H15FINO. The zero-order chi connectivity index (χ0) is 13.8. The number of halogens is 2. The first kappa shape index (κ1) is 14.3. The van der Waals surface area contributed by atoms with Gasteiger partial charge in [0.2, 0.25) is 0 Å². The third-order valence-electron chi connectivity index (χ3n) is 2.75. The minimum atomic E-state index is -0.501. The molecule has 2 aromatic rings. The molecule has 2 N–H and O–H groups in total. The monoisotopic (exact) mass is 371 g/mol. The quantitative estimate of drug-likeness (QED) is 0.828. The number of rotatable bonds is 4. The molecule has 0 aliphatic carbocycles. The summed E-state index contributed by atoms with van der Waals surface area (Å²) in [7, 11) is 0. The highest BCUT2D eigenvalue weighted by Gasteiger charge is 2.21. The topological polar surface area (TPSA) is 35.2 Å². The SMILES string of the molecule is CC(N)C(Oc1cccc(I)c1)c1ccccc1F. The Morgan fingerprint density at radius 2 is 1.89 bits per heavy atom. The van der Waals surface area contributed by atoms with E-state index in [9.17, 15) is 4.39 Å². The highest BCUT2D eigenvalue weighted by atomic mass is 127. The lowest BCUT2D eigenvalue weighted by atomic mass is 10.0. The summed E-state index contributed by atoms with van der Waals surface area (Å²) in [5.74, 6) is 0.396. The van der Waals surface area contributed by atoms with Crippen LogP contribution >= 0.6 is 22.6 Å². The average molecular weight is 371 g/mol. The van der Waals surface area contributed by atoms with Crippen LogP contribution in [0.25, 0.3) is 0 Å². The summed E-state index contributed by atoms with van der Waals surface area (Å²) in [5, 5.41) is 0. The molecule has 0 fully saturated rings. The van der Waals surface area contributed by atoms with Gasteiger partial charge in [0.15, 0.2) is 0 Å². The van der Waals surface area contributed by atoms with E-state index in [1.54, 1.807) is 18.2 Å². The van der Waals surface area contributed by atoms with E-state index in [1.165, 1.54) is 6.07 Å². The van der Waals surface area contributed by atoms with Gasteiger partial charge in [-0.25, -0.2) is 4.39 Å². The maximum absolute atomic E-state index is 13.8. The number of nitrogens with two attached hydrogens (primary N) is 1. The van der Waals surface area contributed by atoms with Crippen molar-refractivity contribution >= 4 is 22.6 Å². The summed E-state index contributed by atoms with van der Waals surface area (Å²) < 4.78 is 20.8. The molecule has 0 spiro atoms. The largest absolute Gasteiger partial charge is 0.484 e. The van der Waals surface area contributed by atoms with Crippen LogP contribution in [0.4, 0.5) is 4.39 Å². The molecule has 0 saturated heterocycles. The first-order chi connectivity index (χ1) is 9.08. The zero-order valence-electron chi connectivity index (χ0n) is 10.5. The molecule has 2 nitrogen and oxygen atoms in total. The highest BCUT2D eigenvalue weighted by Crippen LogP contribution is 2.26. The molecule has 100 valence electrons. The van der Waals surface area contributed by atoms with E-state index in [0.29, 0.717) is 11.3 Å². The third kappa shape index (κ3) is 3.67. The first-order valence-corrected chi connectivity index (χ1v) is 7.08. The summed E-state index contributed by atoms with van der Waals surface area (Å²) >= 11 is 2.21. The molecular weight excluding hydrogens is 356 g/mol. The van der Waals surface area contributed by atoms with Crippen LogP contribution in [-0.4, -0.2) is 6.04 Å². The fraction of sp³-hybridized carbons (Fsp3) is 0.200. The van der Waals surface area contributed by atoms with Crippen molar-refractivity contribution in [3.63, 3.8) is 0 Å². The molecule has 2 atom stereocenters. The Hall–Kier alpha value is -1.14. The van der Waals surface area contributed by atoms with Crippen molar-refractivity contribution in [1.29, 1.82) is 0 Å². The average Bonchev–Trinajstić information content (AvgIpc) is 2.37. The molecule has 0 saturated carbocycles. The summed E-state index contributed by atoms with van der Waals surface area (Å²) in [6.45, 7) is 1.81. The Labute approximate surface area is 125 Å². The van der Waals surface area contributed by atoms with Crippen molar-refractivity contribution in [3.05, 3.63) is 63.5 Å². The maximum Gasteiger partial charge on any atom is 0.141 e. The first-order valence-electron chi connectivity index (χ1n) is 6.00. The van der Waals surface area contributed by atoms with Crippen molar-refractivity contribution in [3.8, 4) is 5.75 Å². The Bertz CT molecular complexity index is 559. The fourth-order valence-electron chi connectivity index (χ4n) is 1.85. The van der Waals surface area contributed by atoms with Crippen LogP contribution in [0.1, 0.15) is 18.6 Å². The second kappa shape index (κ2) is 6.34. The van der Waals surface area contributed by atoms with Crippen LogP contribution in [0.2, 0.25) is 0 Å². The Morgan fingerprint density at radius 3 is 2.53 bits per heavy atom. The summed E-state index contributed by atoms with van der Waals surface area (Å²) in [5.41, 5.74) is 6.41. The van der Waals surface area contributed by atoms with Crippen LogP contribution in [0.15, 0.2) is 48.5 Å². The Morgan fingerprint density at radius 1 is 1.16 bits per heavy atom. The second-order valence-corrected chi connectivity index (χ2v) is 5.62. The van der Waals surface area contributed by atoms with Crippen LogP contribution in [0.5, 0.6) is 5.75 Å². The van der Waals surface area contributed by atoms with E-state index in [0.717, 1.165) is 3.57 Å². The molecule has 0 aliphatic heterocycles. The Balaban J connectivity index is 2.29. The minimum absolute atomic E-state index is 0.296. The van der Waals surface area contributed by atoms with Gasteiger partial charge in [0.25, 0.3) is 0 Å². The van der Waals surface area contributed by atoms with Crippen LogP contribution < -0.4 is 10.5 Å². The Kier molecular flexibility index (Phi) is 4.76. The standard InChI is InChI=1S/C15H15FINO/c1-10(18)15(13-7-2-3-8-14(13)16)19-12-6-4-5-11(17)9-12/h2-10,15H,18H2,1H3. The molecule has 2 aromatic carbocycles. The smallest absolute Gasteiger partial charge is 0.141 e. The van der Waals surface area contributed by atoms with Gasteiger partial charge in [-0.05, 0) is 53.8 Å². The van der Waals surface area contributed by atoms with E-state index in [4.69, 9.17) is 10.5 Å². The lowest BCUT2D eigenvalue weighted by molar-refractivity contribution is 0.175. The van der Waals surface area contributed by atoms with Crippen molar-refractivity contribution in [2.45, 2.75) is 19.1 Å². The number of benzene rings is 2. The van der Waals surface area contributed by atoms with Crippen molar-refractivity contribution < 1.29 is 9.13 Å². The van der Waals surface area contributed by atoms with Gasteiger partial charge in [-0.1, -0.05) is 24.3 Å². The van der Waals surface area contributed by atoms with Gasteiger partial charge >= 0.3 is 0 Å². The lowest BCUT2D eigenvalue weighted by Gasteiger charge is -2.23. The van der Waals surface area contributed by atoms with Gasteiger partial charge in [0.1, 0.15) is 17.7 Å². The van der Waals surface area contributed by atoms with Gasteiger partial charge in [-0.15, -0.1) is 0 Å². The fourth-order valence-corrected chi connectivity index (χ4v) is 2.36. The summed E-state index contributed by atoms with van der Waals surface area (Å²) in [6.07, 6.45) is -0.501. The molecule has 0 aliphatic rings. The van der Waals surface area contributed by atoms with Gasteiger partial charge < -0.3 is 10.5 Å². The van der Waals surface area contributed by atoms with E-state index < -0.39 is 6.10 Å². The number of ether oxygens (including phenoxy) is 1.